The molecule has 3 heteroatoms. The molecule has 2 nitrogen and oxygen atoms in total. The number of hydrogen-bond donors (Lipinski definition) is 1. The van der Waals surface area contributed by atoms with E-state index in [2.05, 4.69) is 35.1 Å². The predicted molar refractivity (Wildman–Crippen MR) is 62.4 cm³/mol. The molecule has 0 aliphatic carbocycles. The maximum absolute atomic E-state index is 5.47. The van der Waals surface area contributed by atoms with Gasteiger partial charge < -0.3 is 9.73 Å². The second-order valence-electron chi connectivity index (χ2n) is 3.39. The summed E-state index contributed by atoms with van der Waals surface area (Å²) in [7, 11) is 0. The standard InChI is InChI=1S/C11H18BrNO/c1-3-5-6-10(13-4-2)11-9(12)7-8-14-11/h7-8,10,13H,3-6H2,1-2H3. The van der Waals surface area contributed by atoms with E-state index in [9.17, 15) is 0 Å². The van der Waals surface area contributed by atoms with Crippen molar-refractivity contribution < 1.29 is 4.42 Å². The third kappa shape index (κ3) is 3.14. The Bertz CT molecular complexity index is 260. The number of furan rings is 1. The molecule has 1 aromatic rings. The molecule has 1 unspecified atom stereocenters. The summed E-state index contributed by atoms with van der Waals surface area (Å²) in [5.41, 5.74) is 0. The summed E-state index contributed by atoms with van der Waals surface area (Å²) < 4.78 is 6.54. The van der Waals surface area contributed by atoms with Crippen molar-refractivity contribution in [1.29, 1.82) is 0 Å². The van der Waals surface area contributed by atoms with E-state index < -0.39 is 0 Å². The molecule has 0 saturated carbocycles. The maximum atomic E-state index is 5.47. The van der Waals surface area contributed by atoms with Crippen LogP contribution in [0.5, 0.6) is 0 Å². The van der Waals surface area contributed by atoms with Gasteiger partial charge in [0.1, 0.15) is 5.76 Å². The van der Waals surface area contributed by atoms with Crippen LogP contribution in [0.4, 0.5) is 0 Å². The number of hydrogen-bond acceptors (Lipinski definition) is 2. The van der Waals surface area contributed by atoms with E-state index in [-0.39, 0.29) is 0 Å². The Morgan fingerprint density at radius 3 is 2.79 bits per heavy atom. The summed E-state index contributed by atoms with van der Waals surface area (Å²) in [6.45, 7) is 5.30. The summed E-state index contributed by atoms with van der Waals surface area (Å²) in [5.74, 6) is 1.03. The second kappa shape index (κ2) is 6.25. The van der Waals surface area contributed by atoms with Crippen molar-refractivity contribution in [2.75, 3.05) is 6.54 Å². The minimum absolute atomic E-state index is 0.351. The Kier molecular flexibility index (Phi) is 5.26. The molecule has 0 radical (unpaired) electrons. The molecule has 14 heavy (non-hydrogen) atoms. The zero-order valence-electron chi connectivity index (χ0n) is 8.85. The van der Waals surface area contributed by atoms with Gasteiger partial charge in [-0.25, -0.2) is 0 Å². The number of nitrogens with one attached hydrogen (secondary N) is 1. The first-order chi connectivity index (χ1) is 6.79. The lowest BCUT2D eigenvalue weighted by Crippen LogP contribution is -2.20. The van der Waals surface area contributed by atoms with Crippen molar-refractivity contribution in [2.45, 2.75) is 39.2 Å². The molecular formula is C11H18BrNO. The molecule has 0 spiro atoms. The first kappa shape index (κ1) is 11.8. The topological polar surface area (TPSA) is 25.2 Å². The Morgan fingerprint density at radius 1 is 1.50 bits per heavy atom. The Labute approximate surface area is 94.2 Å². The van der Waals surface area contributed by atoms with E-state index in [1.807, 2.05) is 6.07 Å². The third-order valence-electron chi connectivity index (χ3n) is 2.26. The summed E-state index contributed by atoms with van der Waals surface area (Å²) in [6, 6.07) is 2.30. The van der Waals surface area contributed by atoms with Crippen LogP contribution in [0.25, 0.3) is 0 Å². The van der Waals surface area contributed by atoms with Crippen molar-refractivity contribution in [3.05, 3.63) is 22.6 Å². The molecule has 0 saturated heterocycles. The van der Waals surface area contributed by atoms with Gasteiger partial charge >= 0.3 is 0 Å². The van der Waals surface area contributed by atoms with Gasteiger partial charge in [0.15, 0.2) is 0 Å². The molecule has 1 N–H and O–H groups in total. The lowest BCUT2D eigenvalue weighted by molar-refractivity contribution is 0.391. The van der Waals surface area contributed by atoms with E-state index in [0.29, 0.717) is 6.04 Å². The molecule has 0 fully saturated rings. The summed E-state index contributed by atoms with van der Waals surface area (Å²) in [4.78, 5) is 0. The van der Waals surface area contributed by atoms with Crippen molar-refractivity contribution in [3.63, 3.8) is 0 Å². The summed E-state index contributed by atoms with van der Waals surface area (Å²) in [5, 5.41) is 3.44. The van der Waals surface area contributed by atoms with Gasteiger partial charge in [-0.2, -0.15) is 0 Å². The largest absolute Gasteiger partial charge is 0.466 e. The molecule has 0 aromatic carbocycles. The highest BCUT2D eigenvalue weighted by Crippen LogP contribution is 2.27. The molecule has 1 aromatic heterocycles. The molecule has 1 atom stereocenters. The summed E-state index contributed by atoms with van der Waals surface area (Å²) >= 11 is 3.50. The van der Waals surface area contributed by atoms with Gasteiger partial charge in [-0.15, -0.1) is 0 Å². The van der Waals surface area contributed by atoms with Crippen LogP contribution >= 0.6 is 15.9 Å². The van der Waals surface area contributed by atoms with Gasteiger partial charge in [0.2, 0.25) is 0 Å². The van der Waals surface area contributed by atoms with Gasteiger partial charge in [-0.05, 0) is 35.0 Å². The zero-order chi connectivity index (χ0) is 10.4. The van der Waals surface area contributed by atoms with Crippen LogP contribution in [0.15, 0.2) is 21.2 Å². The van der Waals surface area contributed by atoms with Gasteiger partial charge in [-0.1, -0.05) is 26.7 Å². The summed E-state index contributed by atoms with van der Waals surface area (Å²) in [6.07, 6.45) is 5.32. The number of rotatable bonds is 6. The smallest absolute Gasteiger partial charge is 0.134 e. The SMILES string of the molecule is CCCCC(NCC)c1occc1Br. The lowest BCUT2D eigenvalue weighted by atomic mass is 10.1. The third-order valence-corrected chi connectivity index (χ3v) is 2.91. The molecule has 1 heterocycles. The van der Waals surface area contributed by atoms with Crippen LogP contribution in [-0.2, 0) is 0 Å². The van der Waals surface area contributed by atoms with Crippen LogP contribution in [0, 0.1) is 0 Å². The van der Waals surface area contributed by atoms with Crippen molar-refractivity contribution >= 4 is 15.9 Å². The van der Waals surface area contributed by atoms with Gasteiger partial charge in [0.05, 0.1) is 16.8 Å². The van der Waals surface area contributed by atoms with Gasteiger partial charge in [0.25, 0.3) is 0 Å². The number of halogens is 1. The van der Waals surface area contributed by atoms with Gasteiger partial charge in [0, 0.05) is 0 Å². The first-order valence-electron chi connectivity index (χ1n) is 5.25. The average Bonchev–Trinajstić information content (AvgIpc) is 2.59. The van der Waals surface area contributed by atoms with Crippen molar-refractivity contribution in [1.82, 2.24) is 5.32 Å². The molecule has 0 amide bonds. The van der Waals surface area contributed by atoms with E-state index in [0.717, 1.165) is 23.2 Å². The predicted octanol–water partition coefficient (Wildman–Crippen LogP) is 3.88. The molecule has 0 bridgehead atoms. The first-order valence-corrected chi connectivity index (χ1v) is 6.05. The fraction of sp³-hybridized carbons (Fsp3) is 0.636. The molecule has 80 valence electrons. The van der Waals surface area contributed by atoms with Crippen molar-refractivity contribution in [2.24, 2.45) is 0 Å². The van der Waals surface area contributed by atoms with Crippen LogP contribution < -0.4 is 5.32 Å². The quantitative estimate of drug-likeness (QED) is 0.839. The maximum Gasteiger partial charge on any atom is 0.134 e. The minimum atomic E-state index is 0.351. The zero-order valence-corrected chi connectivity index (χ0v) is 10.4. The Hall–Kier alpha value is -0.280. The van der Waals surface area contributed by atoms with Crippen LogP contribution in [0.1, 0.15) is 44.9 Å². The molecule has 1 rings (SSSR count). The van der Waals surface area contributed by atoms with Crippen LogP contribution in [0.2, 0.25) is 0 Å². The van der Waals surface area contributed by atoms with Crippen LogP contribution in [0.3, 0.4) is 0 Å². The van der Waals surface area contributed by atoms with E-state index in [4.69, 9.17) is 4.42 Å². The van der Waals surface area contributed by atoms with E-state index in [1.165, 1.54) is 12.8 Å². The highest BCUT2D eigenvalue weighted by Gasteiger charge is 2.15. The molecular weight excluding hydrogens is 242 g/mol. The lowest BCUT2D eigenvalue weighted by Gasteiger charge is -2.15. The highest BCUT2D eigenvalue weighted by atomic mass is 79.9. The fourth-order valence-corrected chi connectivity index (χ4v) is 2.01. The van der Waals surface area contributed by atoms with Gasteiger partial charge in [-0.3, -0.25) is 0 Å². The van der Waals surface area contributed by atoms with E-state index in [1.54, 1.807) is 6.26 Å². The molecule has 0 aliphatic rings. The monoisotopic (exact) mass is 259 g/mol. The molecule has 0 aliphatic heterocycles. The van der Waals surface area contributed by atoms with Crippen LogP contribution in [-0.4, -0.2) is 6.54 Å². The normalized spacial score (nSPS) is 13.1. The minimum Gasteiger partial charge on any atom is -0.466 e. The van der Waals surface area contributed by atoms with E-state index >= 15 is 0 Å². The van der Waals surface area contributed by atoms with Crippen molar-refractivity contribution in [3.8, 4) is 0 Å². The Morgan fingerprint density at radius 2 is 2.29 bits per heavy atom. The second-order valence-corrected chi connectivity index (χ2v) is 4.24. The highest BCUT2D eigenvalue weighted by molar-refractivity contribution is 9.10. The fourth-order valence-electron chi connectivity index (χ4n) is 1.53. The number of unbranched alkanes of at least 4 members (excludes halogenated alkanes) is 1. The average molecular weight is 260 g/mol. The Balaban J connectivity index is 2.62.